The Kier molecular flexibility index (Phi) is 10.0. The molecule has 1 unspecified atom stereocenters. The Morgan fingerprint density at radius 2 is 1.66 bits per heavy atom. The Morgan fingerprint density at radius 3 is 2.31 bits per heavy atom. The molecule has 32 heavy (non-hydrogen) atoms. The first kappa shape index (κ1) is 24.2. The maximum Gasteiger partial charge on any atom is 0.340 e. The Morgan fingerprint density at radius 1 is 0.969 bits per heavy atom. The monoisotopic (exact) mass is 442 g/mol. The summed E-state index contributed by atoms with van der Waals surface area (Å²) < 4.78 is 30.9. The lowest BCUT2D eigenvalue weighted by Crippen LogP contribution is -2.24. The van der Waals surface area contributed by atoms with Crippen LogP contribution in [-0.2, 0) is 9.53 Å². The number of unbranched alkanes of at least 4 members (excludes halogenated alkanes) is 7. The fourth-order valence-electron chi connectivity index (χ4n) is 3.88. The van der Waals surface area contributed by atoms with Crippen LogP contribution < -0.4 is 9.47 Å². The molecule has 0 saturated carbocycles. The van der Waals surface area contributed by atoms with Crippen LogP contribution in [-0.4, -0.2) is 25.3 Å². The fraction of sp³-hybridized carbons (Fsp3) is 0.519. The third kappa shape index (κ3) is 7.63. The summed E-state index contributed by atoms with van der Waals surface area (Å²) in [4.78, 5) is 12.0. The molecule has 5 heteroatoms. The third-order valence-electron chi connectivity index (χ3n) is 5.79. The number of hydrogen-bond acceptors (Lipinski definition) is 4. The molecule has 1 saturated heterocycles. The molecule has 0 amide bonds. The van der Waals surface area contributed by atoms with Crippen molar-refractivity contribution < 1.29 is 23.4 Å². The number of rotatable bonds is 13. The zero-order valence-corrected chi connectivity index (χ0v) is 19.1. The molecule has 4 nitrogen and oxygen atoms in total. The van der Waals surface area contributed by atoms with E-state index in [1.165, 1.54) is 44.6 Å². The SMILES string of the molecule is CCCCCCCCCCOc1ccc(-c2ccc(OC(=O)C3CCCO3)cc2)cc1F. The highest BCUT2D eigenvalue weighted by atomic mass is 19.1. The van der Waals surface area contributed by atoms with E-state index in [2.05, 4.69) is 6.92 Å². The van der Waals surface area contributed by atoms with Crippen molar-refractivity contribution in [2.24, 2.45) is 0 Å². The lowest BCUT2D eigenvalue weighted by molar-refractivity contribution is -0.144. The van der Waals surface area contributed by atoms with E-state index in [0.717, 1.165) is 30.4 Å². The summed E-state index contributed by atoms with van der Waals surface area (Å²) in [6.45, 7) is 3.37. The molecule has 2 aromatic carbocycles. The van der Waals surface area contributed by atoms with E-state index in [-0.39, 0.29) is 11.8 Å². The van der Waals surface area contributed by atoms with Gasteiger partial charge in [0.05, 0.1) is 6.61 Å². The van der Waals surface area contributed by atoms with Crippen LogP contribution in [0.2, 0.25) is 0 Å². The molecule has 0 bridgehead atoms. The van der Waals surface area contributed by atoms with E-state index in [1.54, 1.807) is 18.2 Å². The summed E-state index contributed by atoms with van der Waals surface area (Å²) in [6, 6.07) is 12.1. The van der Waals surface area contributed by atoms with Gasteiger partial charge in [-0.15, -0.1) is 0 Å². The van der Waals surface area contributed by atoms with Gasteiger partial charge < -0.3 is 14.2 Å². The van der Waals surface area contributed by atoms with Crippen LogP contribution in [0.4, 0.5) is 4.39 Å². The highest BCUT2D eigenvalue weighted by Gasteiger charge is 2.25. The Balaban J connectivity index is 1.42. The van der Waals surface area contributed by atoms with Crippen LogP contribution >= 0.6 is 0 Å². The van der Waals surface area contributed by atoms with Gasteiger partial charge in [0.15, 0.2) is 17.7 Å². The summed E-state index contributed by atoms with van der Waals surface area (Å²) in [5.41, 5.74) is 1.59. The Labute approximate surface area is 191 Å². The van der Waals surface area contributed by atoms with Crippen molar-refractivity contribution in [2.75, 3.05) is 13.2 Å². The Hall–Kier alpha value is -2.40. The van der Waals surface area contributed by atoms with Crippen LogP contribution in [0.25, 0.3) is 11.1 Å². The summed E-state index contributed by atoms with van der Waals surface area (Å²) in [6.07, 6.45) is 10.9. The minimum Gasteiger partial charge on any atom is -0.491 e. The number of esters is 1. The molecule has 1 heterocycles. The molecular weight excluding hydrogens is 407 g/mol. The Bertz CT molecular complexity index is 828. The zero-order chi connectivity index (χ0) is 22.6. The second-order valence-electron chi connectivity index (χ2n) is 8.42. The van der Waals surface area contributed by atoms with Gasteiger partial charge in [0, 0.05) is 6.61 Å². The number of carbonyl (C=O) groups excluding carboxylic acids is 1. The molecule has 1 aliphatic heterocycles. The molecule has 1 fully saturated rings. The number of ether oxygens (including phenoxy) is 3. The van der Waals surface area contributed by atoms with E-state index in [9.17, 15) is 9.18 Å². The van der Waals surface area contributed by atoms with Crippen LogP contribution in [0.3, 0.4) is 0 Å². The zero-order valence-electron chi connectivity index (χ0n) is 19.1. The van der Waals surface area contributed by atoms with Gasteiger partial charge in [0.1, 0.15) is 5.75 Å². The van der Waals surface area contributed by atoms with Gasteiger partial charge in [-0.2, -0.15) is 0 Å². The van der Waals surface area contributed by atoms with Crippen molar-refractivity contribution in [3.8, 4) is 22.6 Å². The van der Waals surface area contributed by atoms with Crippen molar-refractivity contribution in [1.29, 1.82) is 0 Å². The average Bonchev–Trinajstić information content (AvgIpc) is 3.35. The van der Waals surface area contributed by atoms with E-state index in [0.29, 0.717) is 31.1 Å². The van der Waals surface area contributed by atoms with E-state index in [4.69, 9.17) is 14.2 Å². The molecule has 0 spiro atoms. The predicted molar refractivity (Wildman–Crippen MR) is 125 cm³/mol. The largest absolute Gasteiger partial charge is 0.491 e. The van der Waals surface area contributed by atoms with E-state index in [1.807, 2.05) is 18.2 Å². The fourth-order valence-corrected chi connectivity index (χ4v) is 3.88. The standard InChI is InChI=1S/C27H35FO4/c1-2-3-4-5-6-7-8-9-18-30-25-17-14-22(20-24(25)28)21-12-15-23(16-13-21)32-27(29)26-11-10-19-31-26/h12-17,20,26H,2-11,18-19H2,1H3. The van der Waals surface area contributed by atoms with Crippen molar-refractivity contribution >= 4 is 5.97 Å². The normalized spacial score (nSPS) is 15.6. The van der Waals surface area contributed by atoms with Crippen LogP contribution in [0.5, 0.6) is 11.5 Å². The van der Waals surface area contributed by atoms with E-state index < -0.39 is 6.10 Å². The molecular formula is C27H35FO4. The number of hydrogen-bond donors (Lipinski definition) is 0. The van der Waals surface area contributed by atoms with Gasteiger partial charge in [-0.1, -0.05) is 70.1 Å². The summed E-state index contributed by atoms with van der Waals surface area (Å²) >= 11 is 0. The van der Waals surface area contributed by atoms with Crippen molar-refractivity contribution in [2.45, 2.75) is 77.2 Å². The van der Waals surface area contributed by atoms with Gasteiger partial charge in [0.25, 0.3) is 0 Å². The van der Waals surface area contributed by atoms with Crippen LogP contribution in [0.1, 0.15) is 71.1 Å². The molecule has 0 radical (unpaired) electrons. The first-order valence-corrected chi connectivity index (χ1v) is 12.0. The van der Waals surface area contributed by atoms with Gasteiger partial charge in [0.2, 0.25) is 0 Å². The molecule has 1 atom stereocenters. The summed E-state index contributed by atoms with van der Waals surface area (Å²) in [7, 11) is 0. The first-order valence-electron chi connectivity index (χ1n) is 12.0. The van der Waals surface area contributed by atoms with Crippen LogP contribution in [0.15, 0.2) is 42.5 Å². The third-order valence-corrected chi connectivity index (χ3v) is 5.79. The van der Waals surface area contributed by atoms with E-state index >= 15 is 0 Å². The summed E-state index contributed by atoms with van der Waals surface area (Å²) in [5.74, 6) is 0.0223. The van der Waals surface area contributed by atoms with Crippen molar-refractivity contribution in [3.05, 3.63) is 48.3 Å². The minimum atomic E-state index is -0.470. The quantitative estimate of drug-likeness (QED) is 0.189. The van der Waals surface area contributed by atoms with Crippen LogP contribution in [0, 0.1) is 5.82 Å². The highest BCUT2D eigenvalue weighted by molar-refractivity contribution is 5.77. The highest BCUT2D eigenvalue weighted by Crippen LogP contribution is 2.28. The smallest absolute Gasteiger partial charge is 0.340 e. The minimum absolute atomic E-state index is 0.291. The molecule has 0 aromatic heterocycles. The number of halogens is 1. The van der Waals surface area contributed by atoms with Gasteiger partial charge >= 0.3 is 5.97 Å². The van der Waals surface area contributed by atoms with Gasteiger partial charge in [-0.05, 0) is 54.7 Å². The second kappa shape index (κ2) is 13.2. The molecule has 3 rings (SSSR count). The first-order chi connectivity index (χ1) is 15.7. The predicted octanol–water partition coefficient (Wildman–Crippen LogP) is 7.10. The maximum atomic E-state index is 14.5. The van der Waals surface area contributed by atoms with Gasteiger partial charge in [-0.3, -0.25) is 0 Å². The molecule has 2 aromatic rings. The lowest BCUT2D eigenvalue weighted by atomic mass is 10.1. The summed E-state index contributed by atoms with van der Waals surface area (Å²) in [5, 5.41) is 0. The molecule has 0 aliphatic carbocycles. The maximum absolute atomic E-state index is 14.5. The second-order valence-corrected chi connectivity index (χ2v) is 8.42. The molecule has 0 N–H and O–H groups in total. The van der Waals surface area contributed by atoms with Crippen molar-refractivity contribution in [3.63, 3.8) is 0 Å². The van der Waals surface area contributed by atoms with Crippen molar-refractivity contribution in [1.82, 2.24) is 0 Å². The average molecular weight is 443 g/mol. The number of carbonyl (C=O) groups is 1. The van der Waals surface area contributed by atoms with Gasteiger partial charge in [-0.25, -0.2) is 9.18 Å². The topological polar surface area (TPSA) is 44.8 Å². The lowest BCUT2D eigenvalue weighted by Gasteiger charge is -2.11. The molecule has 1 aliphatic rings. The molecule has 174 valence electrons. The number of benzene rings is 2.